The number of benzene rings is 1. The SMILES string of the molecule is O=C1CCCc2nc(-c3nc(F)c(-c4ccccc4)o3)ccc21. The molecular formula is C18H13FN2O2. The summed E-state index contributed by atoms with van der Waals surface area (Å²) < 4.78 is 19.7. The number of pyridine rings is 1. The number of aryl methyl sites for hydroxylation is 1. The number of hydrogen-bond donors (Lipinski definition) is 0. The fourth-order valence-electron chi connectivity index (χ4n) is 2.79. The normalized spacial score (nSPS) is 13.9. The summed E-state index contributed by atoms with van der Waals surface area (Å²) in [5.74, 6) is -0.339. The van der Waals surface area contributed by atoms with E-state index in [0.29, 0.717) is 23.2 Å². The zero-order valence-electron chi connectivity index (χ0n) is 12.3. The number of nitrogens with zero attached hydrogens (tertiary/aromatic N) is 2. The summed E-state index contributed by atoms with van der Waals surface area (Å²) in [5.41, 5.74) is 2.45. The van der Waals surface area contributed by atoms with Gasteiger partial charge in [0.05, 0.1) is 5.69 Å². The van der Waals surface area contributed by atoms with Crippen molar-refractivity contribution in [2.24, 2.45) is 0 Å². The van der Waals surface area contributed by atoms with E-state index >= 15 is 0 Å². The molecule has 2 aromatic heterocycles. The summed E-state index contributed by atoms with van der Waals surface area (Å²) in [5, 5.41) is 0. The van der Waals surface area contributed by atoms with Crippen molar-refractivity contribution < 1.29 is 13.6 Å². The molecule has 1 aliphatic rings. The molecule has 4 nitrogen and oxygen atoms in total. The van der Waals surface area contributed by atoms with E-state index in [1.807, 2.05) is 6.07 Å². The van der Waals surface area contributed by atoms with Crippen molar-refractivity contribution in [3.63, 3.8) is 0 Å². The predicted molar refractivity (Wildman–Crippen MR) is 82.4 cm³/mol. The molecule has 0 aliphatic heterocycles. The van der Waals surface area contributed by atoms with Gasteiger partial charge in [-0.1, -0.05) is 30.3 Å². The van der Waals surface area contributed by atoms with E-state index in [4.69, 9.17) is 4.42 Å². The average Bonchev–Trinajstić information content (AvgIpc) is 2.97. The Kier molecular flexibility index (Phi) is 3.26. The third-order valence-electron chi connectivity index (χ3n) is 3.93. The Bertz CT molecular complexity index is 887. The van der Waals surface area contributed by atoms with Crippen LogP contribution in [0.2, 0.25) is 0 Å². The third kappa shape index (κ3) is 2.44. The van der Waals surface area contributed by atoms with Gasteiger partial charge in [-0.2, -0.15) is 9.37 Å². The van der Waals surface area contributed by atoms with Crippen LogP contribution in [0.5, 0.6) is 0 Å². The van der Waals surface area contributed by atoms with Gasteiger partial charge >= 0.3 is 0 Å². The fourth-order valence-corrected chi connectivity index (χ4v) is 2.79. The first-order valence-corrected chi connectivity index (χ1v) is 7.47. The number of aromatic nitrogens is 2. The van der Waals surface area contributed by atoms with Gasteiger partial charge in [-0.05, 0) is 25.0 Å². The first kappa shape index (κ1) is 13.8. The number of oxazole rings is 1. The lowest BCUT2D eigenvalue weighted by Gasteiger charge is -2.13. The predicted octanol–water partition coefficient (Wildman–Crippen LogP) is 4.06. The minimum atomic E-state index is -0.665. The standard InChI is InChI=1S/C18H13FN2O2/c19-17-16(11-5-2-1-3-6-11)23-18(21-17)14-10-9-12-13(20-14)7-4-8-15(12)22/h1-3,5-6,9-10H,4,7-8H2. The molecule has 3 aromatic rings. The van der Waals surface area contributed by atoms with Crippen LogP contribution < -0.4 is 0 Å². The average molecular weight is 308 g/mol. The van der Waals surface area contributed by atoms with E-state index in [9.17, 15) is 9.18 Å². The van der Waals surface area contributed by atoms with Crippen LogP contribution in [-0.2, 0) is 6.42 Å². The summed E-state index contributed by atoms with van der Waals surface area (Å²) in [6.45, 7) is 0. The lowest BCUT2D eigenvalue weighted by Crippen LogP contribution is -2.12. The number of fused-ring (bicyclic) bond motifs is 1. The molecule has 0 atom stereocenters. The number of rotatable bonds is 2. The van der Waals surface area contributed by atoms with E-state index in [-0.39, 0.29) is 17.4 Å². The summed E-state index contributed by atoms with van der Waals surface area (Å²) >= 11 is 0. The third-order valence-corrected chi connectivity index (χ3v) is 3.93. The molecule has 23 heavy (non-hydrogen) atoms. The molecule has 0 saturated heterocycles. The molecule has 4 rings (SSSR count). The van der Waals surface area contributed by atoms with Crippen molar-refractivity contribution in [1.82, 2.24) is 9.97 Å². The summed E-state index contributed by atoms with van der Waals surface area (Å²) in [6, 6.07) is 12.4. The lowest BCUT2D eigenvalue weighted by atomic mass is 9.94. The minimum absolute atomic E-state index is 0.0937. The first-order chi connectivity index (χ1) is 11.2. The molecule has 0 amide bonds. The van der Waals surface area contributed by atoms with Crippen molar-refractivity contribution in [1.29, 1.82) is 0 Å². The summed E-state index contributed by atoms with van der Waals surface area (Å²) in [6.07, 6.45) is 2.08. The summed E-state index contributed by atoms with van der Waals surface area (Å²) in [7, 11) is 0. The highest BCUT2D eigenvalue weighted by atomic mass is 19.1. The van der Waals surface area contributed by atoms with E-state index in [2.05, 4.69) is 9.97 Å². The van der Waals surface area contributed by atoms with Crippen molar-refractivity contribution in [2.75, 3.05) is 0 Å². The molecule has 5 heteroatoms. The van der Waals surface area contributed by atoms with Crippen molar-refractivity contribution >= 4 is 5.78 Å². The second-order valence-corrected chi connectivity index (χ2v) is 5.47. The Morgan fingerprint density at radius 1 is 1.00 bits per heavy atom. The van der Waals surface area contributed by atoms with Crippen LogP contribution in [0.4, 0.5) is 4.39 Å². The number of ketones is 1. The van der Waals surface area contributed by atoms with Gasteiger partial charge < -0.3 is 4.42 Å². The van der Waals surface area contributed by atoms with E-state index < -0.39 is 5.95 Å². The Morgan fingerprint density at radius 2 is 1.83 bits per heavy atom. The van der Waals surface area contributed by atoms with Gasteiger partial charge in [0.2, 0.25) is 5.89 Å². The Morgan fingerprint density at radius 3 is 2.65 bits per heavy atom. The van der Waals surface area contributed by atoms with Crippen LogP contribution in [0.25, 0.3) is 22.9 Å². The monoisotopic (exact) mass is 308 g/mol. The molecule has 0 radical (unpaired) electrons. The topological polar surface area (TPSA) is 56.0 Å². The van der Waals surface area contributed by atoms with E-state index in [1.54, 1.807) is 36.4 Å². The van der Waals surface area contributed by atoms with Crippen molar-refractivity contribution in [3.8, 4) is 22.9 Å². The zero-order valence-corrected chi connectivity index (χ0v) is 12.3. The van der Waals surface area contributed by atoms with Gasteiger partial charge in [0, 0.05) is 17.5 Å². The molecule has 0 N–H and O–H groups in total. The molecule has 0 saturated carbocycles. The van der Waals surface area contributed by atoms with Gasteiger partial charge in [0.15, 0.2) is 11.5 Å². The number of hydrogen-bond acceptors (Lipinski definition) is 4. The van der Waals surface area contributed by atoms with Crippen molar-refractivity contribution in [2.45, 2.75) is 19.3 Å². The quantitative estimate of drug-likeness (QED) is 0.716. The molecular weight excluding hydrogens is 295 g/mol. The molecule has 114 valence electrons. The molecule has 0 spiro atoms. The summed E-state index contributed by atoms with van der Waals surface area (Å²) in [4.78, 5) is 20.1. The second kappa shape index (κ2) is 5.43. The maximum Gasteiger partial charge on any atom is 0.259 e. The number of Topliss-reactive ketones (excluding diaryl/α,β-unsaturated/α-hetero) is 1. The van der Waals surface area contributed by atoms with Crippen LogP contribution in [0.1, 0.15) is 28.9 Å². The Balaban J connectivity index is 1.76. The van der Waals surface area contributed by atoms with Crippen molar-refractivity contribution in [3.05, 3.63) is 59.7 Å². The Hall–Kier alpha value is -2.82. The number of carbonyl (C=O) groups excluding carboxylic acids is 1. The maximum absolute atomic E-state index is 14.1. The largest absolute Gasteiger partial charge is 0.431 e. The van der Waals surface area contributed by atoms with Crippen LogP contribution >= 0.6 is 0 Å². The second-order valence-electron chi connectivity index (χ2n) is 5.47. The highest BCUT2D eigenvalue weighted by Crippen LogP contribution is 2.29. The first-order valence-electron chi connectivity index (χ1n) is 7.47. The van der Waals surface area contributed by atoms with Crippen LogP contribution in [0.15, 0.2) is 46.9 Å². The van der Waals surface area contributed by atoms with Gasteiger partial charge in [-0.15, -0.1) is 0 Å². The smallest absolute Gasteiger partial charge is 0.259 e. The van der Waals surface area contributed by atoms with Gasteiger partial charge in [0.25, 0.3) is 5.95 Å². The van der Waals surface area contributed by atoms with Gasteiger partial charge in [-0.3, -0.25) is 4.79 Å². The number of carbonyl (C=O) groups is 1. The Labute approximate surface area is 132 Å². The van der Waals surface area contributed by atoms with Gasteiger partial charge in [0.1, 0.15) is 5.69 Å². The molecule has 2 heterocycles. The zero-order chi connectivity index (χ0) is 15.8. The maximum atomic E-state index is 14.1. The highest BCUT2D eigenvalue weighted by molar-refractivity contribution is 5.98. The molecule has 0 fully saturated rings. The highest BCUT2D eigenvalue weighted by Gasteiger charge is 2.21. The van der Waals surface area contributed by atoms with Crippen LogP contribution in [0.3, 0.4) is 0 Å². The van der Waals surface area contributed by atoms with E-state index in [1.165, 1.54) is 0 Å². The molecule has 0 unspecified atom stereocenters. The van der Waals surface area contributed by atoms with Crippen LogP contribution in [0, 0.1) is 5.95 Å². The fraction of sp³-hybridized carbons (Fsp3) is 0.167. The lowest BCUT2D eigenvalue weighted by molar-refractivity contribution is 0.0971. The molecule has 1 aliphatic carbocycles. The molecule has 0 bridgehead atoms. The van der Waals surface area contributed by atoms with Crippen LogP contribution in [-0.4, -0.2) is 15.8 Å². The molecule has 1 aromatic carbocycles. The van der Waals surface area contributed by atoms with Gasteiger partial charge in [-0.25, -0.2) is 4.98 Å². The number of halogens is 1. The minimum Gasteiger partial charge on any atom is -0.431 e. The van der Waals surface area contributed by atoms with E-state index in [0.717, 1.165) is 18.5 Å².